The molecule has 0 aromatic heterocycles. The Kier molecular flexibility index (Phi) is 34.2. The maximum absolute atomic E-state index is 11.9. The van der Waals surface area contributed by atoms with Gasteiger partial charge in [0.2, 0.25) is 0 Å². The summed E-state index contributed by atoms with van der Waals surface area (Å²) in [6.45, 7) is 3.04. The van der Waals surface area contributed by atoms with Gasteiger partial charge in [-0.2, -0.15) is 0 Å². The van der Waals surface area contributed by atoms with Crippen LogP contribution in [0.2, 0.25) is 0 Å². The van der Waals surface area contributed by atoms with Crippen molar-refractivity contribution >= 4 is 17.9 Å². The maximum Gasteiger partial charge on any atom is 1.00 e. The van der Waals surface area contributed by atoms with E-state index < -0.39 is 17.9 Å². The van der Waals surface area contributed by atoms with Crippen molar-refractivity contribution in [1.29, 1.82) is 0 Å². The van der Waals surface area contributed by atoms with Gasteiger partial charge in [0.25, 0.3) is 0 Å². The van der Waals surface area contributed by atoms with Gasteiger partial charge >= 0.3 is 160 Å². The normalized spacial score (nSPS) is 10.7. The molecule has 29 heavy (non-hydrogen) atoms. The Balaban J connectivity index is -0.00000104. The fraction of sp³-hybridized carbons (Fsp3) is 0.706. The summed E-state index contributed by atoms with van der Waals surface area (Å²) in [5, 5.41) is 42.0. The van der Waals surface area contributed by atoms with E-state index in [1.54, 1.807) is 15.9 Å². The van der Waals surface area contributed by atoms with Crippen LogP contribution in [-0.4, -0.2) is 72.1 Å². The summed E-state index contributed by atoms with van der Waals surface area (Å²) in [5.74, 6) is -3.56. The van der Waals surface area contributed by atoms with Crippen molar-refractivity contribution in [2.45, 2.75) is 39.0 Å². The molecule has 12 heteroatoms. The molecule has 0 aliphatic carbocycles. The molecule has 0 heterocycles. The van der Waals surface area contributed by atoms with Gasteiger partial charge in [-0.3, -0.25) is 9.69 Å². The van der Waals surface area contributed by atoms with Crippen LogP contribution >= 0.6 is 0 Å². The van der Waals surface area contributed by atoms with Crippen molar-refractivity contribution in [3.63, 3.8) is 0 Å². The number of carbonyl (C=O) groups is 3. The van der Waals surface area contributed by atoms with Gasteiger partial charge in [0.1, 0.15) is 0 Å². The van der Waals surface area contributed by atoms with Crippen LogP contribution in [0.1, 0.15) is 39.0 Å². The van der Waals surface area contributed by atoms with Crippen LogP contribution in [0, 0.1) is 0 Å². The zero-order valence-corrected chi connectivity index (χ0v) is 27.5. The van der Waals surface area contributed by atoms with E-state index in [2.05, 4.69) is 0 Å². The number of rotatable bonds is 16. The van der Waals surface area contributed by atoms with Crippen LogP contribution in [0.25, 0.3) is 0 Å². The molecule has 0 aliphatic heterocycles. The fourth-order valence-corrected chi connectivity index (χ4v) is 2.23. The van der Waals surface area contributed by atoms with E-state index in [9.17, 15) is 29.7 Å². The molecule has 0 aromatic carbocycles. The molecule has 9 nitrogen and oxygen atoms in total. The number of hydrogen-bond donors (Lipinski definition) is 1. The van der Waals surface area contributed by atoms with E-state index in [0.717, 1.165) is 6.42 Å². The molecule has 0 fully saturated rings. The van der Waals surface area contributed by atoms with Crippen molar-refractivity contribution in [2.75, 3.05) is 39.3 Å². The summed E-state index contributed by atoms with van der Waals surface area (Å²) in [5.41, 5.74) is 0. The van der Waals surface area contributed by atoms with Gasteiger partial charge in [-0.15, -0.1) is 5.76 Å². The molecule has 0 spiro atoms. The SMILES string of the molecule is CCC/C=C(\[O-])CN(CCC(=O)O)CCN(CCC(=O)[O-])CCC(=O)[O-].[K+].[K+].[K+]. The van der Waals surface area contributed by atoms with Crippen LogP contribution in [0.4, 0.5) is 0 Å². The van der Waals surface area contributed by atoms with Crippen LogP contribution < -0.4 is 169 Å². The zero-order chi connectivity index (χ0) is 19.9. The third-order valence-electron chi connectivity index (χ3n) is 3.68. The summed E-state index contributed by atoms with van der Waals surface area (Å²) < 4.78 is 0. The third kappa shape index (κ3) is 26.9. The van der Waals surface area contributed by atoms with Crippen LogP contribution in [0.15, 0.2) is 11.8 Å². The summed E-state index contributed by atoms with van der Waals surface area (Å²) in [6.07, 6.45) is 2.43. The number of allylic oxidation sites excluding steroid dienone is 1. The second kappa shape index (κ2) is 25.4. The number of unbranched alkanes of at least 4 members (excludes halogenated alkanes) is 1. The quantitative estimate of drug-likeness (QED) is 0.165. The number of hydrogen-bond acceptors (Lipinski definition) is 8. The summed E-state index contributed by atoms with van der Waals surface area (Å²) in [6, 6.07) is 0. The Bertz CT molecular complexity index is 476. The molecule has 0 amide bonds. The molecule has 1 N–H and O–H groups in total. The van der Waals surface area contributed by atoms with Crippen molar-refractivity contribution in [3.05, 3.63) is 11.8 Å². The number of carbonyl (C=O) groups excluding carboxylic acids is 2. The number of carboxylic acids is 3. The molecule has 0 saturated carbocycles. The van der Waals surface area contributed by atoms with E-state index in [1.807, 2.05) is 6.92 Å². The van der Waals surface area contributed by atoms with Gasteiger partial charge in [0.05, 0.1) is 6.42 Å². The second-order valence-electron chi connectivity index (χ2n) is 5.96. The van der Waals surface area contributed by atoms with Gasteiger partial charge in [0.15, 0.2) is 0 Å². The Morgan fingerprint density at radius 1 is 0.793 bits per heavy atom. The number of aliphatic carboxylic acids is 3. The predicted octanol–water partition coefficient (Wildman–Crippen LogP) is -11.6. The molecular weight excluding hydrogens is 461 g/mol. The zero-order valence-electron chi connectivity index (χ0n) is 18.1. The van der Waals surface area contributed by atoms with Crippen molar-refractivity contribution in [3.8, 4) is 0 Å². The largest absolute Gasteiger partial charge is 1.00 e. The molecule has 0 unspecified atom stereocenters. The topological polar surface area (TPSA) is 147 Å². The minimum Gasteiger partial charge on any atom is -0.875 e. The molecule has 150 valence electrons. The first-order valence-electron chi connectivity index (χ1n) is 8.66. The molecule has 0 rings (SSSR count). The molecular formula is C17H27K3N2O7. The molecule has 0 bridgehead atoms. The Morgan fingerprint density at radius 2 is 1.24 bits per heavy atom. The average Bonchev–Trinajstić information content (AvgIpc) is 2.56. The van der Waals surface area contributed by atoms with E-state index in [1.165, 1.54) is 0 Å². The van der Waals surface area contributed by atoms with Gasteiger partial charge in [-0.1, -0.05) is 19.4 Å². The minimum atomic E-state index is -1.24. The fourth-order valence-electron chi connectivity index (χ4n) is 2.23. The maximum atomic E-state index is 11.9. The van der Waals surface area contributed by atoms with Crippen LogP contribution in [-0.2, 0) is 14.4 Å². The van der Waals surface area contributed by atoms with E-state index >= 15 is 0 Å². The molecule has 0 aliphatic rings. The summed E-state index contributed by atoms with van der Waals surface area (Å²) in [4.78, 5) is 35.3. The summed E-state index contributed by atoms with van der Waals surface area (Å²) >= 11 is 0. The van der Waals surface area contributed by atoms with Crippen molar-refractivity contribution in [2.24, 2.45) is 0 Å². The standard InChI is InChI=1S/C17H30N2O7.3K/c1-2-3-4-14(20)13-19(10-7-17(25)26)12-11-18(8-5-15(21)22)9-6-16(23)24;;;/h4,20H,2-3,5-13H2,1H3,(H,21,22)(H,23,24)(H,25,26);;;/q;3*+1/p-3/b14-4-;;;. The van der Waals surface area contributed by atoms with Crippen molar-refractivity contribution in [1.82, 2.24) is 9.80 Å². The Morgan fingerprint density at radius 3 is 1.66 bits per heavy atom. The molecule has 0 saturated heterocycles. The first-order valence-corrected chi connectivity index (χ1v) is 8.66. The third-order valence-corrected chi connectivity index (χ3v) is 3.68. The molecule has 0 radical (unpaired) electrons. The van der Waals surface area contributed by atoms with Gasteiger partial charge < -0.3 is 34.9 Å². The van der Waals surface area contributed by atoms with Crippen LogP contribution in [0.3, 0.4) is 0 Å². The molecule has 0 aromatic rings. The Hall–Kier alpha value is 2.78. The first-order chi connectivity index (χ1) is 12.2. The van der Waals surface area contributed by atoms with E-state index in [0.29, 0.717) is 19.5 Å². The molecule has 0 atom stereocenters. The minimum absolute atomic E-state index is 0. The summed E-state index contributed by atoms with van der Waals surface area (Å²) in [7, 11) is 0. The predicted molar refractivity (Wildman–Crippen MR) is 87.4 cm³/mol. The van der Waals surface area contributed by atoms with Gasteiger partial charge in [-0.25, -0.2) is 0 Å². The van der Waals surface area contributed by atoms with E-state index in [-0.39, 0.29) is 205 Å². The first kappa shape index (κ1) is 39.0. The smallest absolute Gasteiger partial charge is 0.875 e. The van der Waals surface area contributed by atoms with Crippen LogP contribution in [0.5, 0.6) is 0 Å². The van der Waals surface area contributed by atoms with E-state index in [4.69, 9.17) is 5.11 Å². The Labute approximate surface area is 300 Å². The second-order valence-corrected chi connectivity index (χ2v) is 5.96. The number of carboxylic acid groups (broad SMARTS) is 3. The number of nitrogens with zero attached hydrogens (tertiary/aromatic N) is 2. The van der Waals surface area contributed by atoms with Gasteiger partial charge in [-0.05, 0) is 19.3 Å². The monoisotopic (exact) mass is 488 g/mol. The van der Waals surface area contributed by atoms with Crippen molar-refractivity contribution < 1.29 is 189 Å². The van der Waals surface area contributed by atoms with Gasteiger partial charge in [0, 0.05) is 51.2 Å². The average molecular weight is 489 g/mol.